The van der Waals surface area contributed by atoms with Gasteiger partial charge in [0.25, 0.3) is 5.91 Å². The smallest absolute Gasteiger partial charge is 0.253 e. The molecule has 1 atom stereocenters. The Labute approximate surface area is 110 Å². The zero-order valence-corrected chi connectivity index (χ0v) is 11.4. The number of benzene rings is 1. The van der Waals surface area contributed by atoms with E-state index in [4.69, 9.17) is 0 Å². The molecule has 1 N–H and O–H groups in total. The van der Waals surface area contributed by atoms with Crippen molar-refractivity contribution in [1.29, 1.82) is 0 Å². The van der Waals surface area contributed by atoms with E-state index in [-0.39, 0.29) is 5.91 Å². The summed E-state index contributed by atoms with van der Waals surface area (Å²) >= 11 is 3.37. The van der Waals surface area contributed by atoms with Crippen molar-refractivity contribution in [2.24, 2.45) is 0 Å². The van der Waals surface area contributed by atoms with E-state index in [9.17, 15) is 9.90 Å². The molecule has 0 aliphatic carbocycles. The molecule has 0 aromatic heterocycles. The van der Waals surface area contributed by atoms with Crippen LogP contribution in [0.4, 0.5) is 0 Å². The summed E-state index contributed by atoms with van der Waals surface area (Å²) in [6.45, 7) is 2.83. The molecule has 0 radical (unpaired) electrons. The molecular weight excluding hydrogens is 282 g/mol. The molecule has 2 rings (SSSR count). The number of nitrogens with zero attached hydrogens (tertiary/aromatic N) is 1. The van der Waals surface area contributed by atoms with Gasteiger partial charge in [-0.15, -0.1) is 0 Å². The van der Waals surface area contributed by atoms with Crippen LogP contribution in [0.25, 0.3) is 0 Å². The molecule has 1 heterocycles. The molecule has 1 saturated heterocycles. The Hall–Kier alpha value is -0.870. The van der Waals surface area contributed by atoms with Crippen molar-refractivity contribution in [3.05, 3.63) is 35.4 Å². The first kappa shape index (κ1) is 12.6. The van der Waals surface area contributed by atoms with Gasteiger partial charge in [0.1, 0.15) is 0 Å². The standard InChI is InChI=1S/C13H16BrNO2/c1-13(17)6-7-15(9-13)12(16)11-4-2-10(8-14)3-5-11/h2-5,17H,6-9H2,1H3. The van der Waals surface area contributed by atoms with Crippen LogP contribution in [0.15, 0.2) is 24.3 Å². The molecule has 0 spiro atoms. The maximum absolute atomic E-state index is 12.1. The zero-order chi connectivity index (χ0) is 12.5. The average molecular weight is 298 g/mol. The maximum atomic E-state index is 12.1. The largest absolute Gasteiger partial charge is 0.388 e. The van der Waals surface area contributed by atoms with E-state index in [0.717, 1.165) is 10.9 Å². The van der Waals surface area contributed by atoms with Gasteiger partial charge in [-0.05, 0) is 31.0 Å². The molecular formula is C13H16BrNO2. The van der Waals surface area contributed by atoms with Gasteiger partial charge in [0.15, 0.2) is 0 Å². The lowest BCUT2D eigenvalue weighted by molar-refractivity contribution is 0.0572. The number of halogens is 1. The van der Waals surface area contributed by atoms with Gasteiger partial charge >= 0.3 is 0 Å². The number of amides is 1. The number of aliphatic hydroxyl groups is 1. The molecule has 1 unspecified atom stereocenters. The number of β-amino-alcohol motifs (C(OH)–C–C–N with tert-alkyl or cyclic N) is 1. The zero-order valence-electron chi connectivity index (χ0n) is 9.82. The van der Waals surface area contributed by atoms with Gasteiger partial charge in [0.2, 0.25) is 0 Å². The van der Waals surface area contributed by atoms with Crippen LogP contribution in [0.3, 0.4) is 0 Å². The van der Waals surface area contributed by atoms with Crippen molar-refractivity contribution in [2.45, 2.75) is 24.3 Å². The minimum Gasteiger partial charge on any atom is -0.388 e. The van der Waals surface area contributed by atoms with Gasteiger partial charge in [-0.25, -0.2) is 0 Å². The van der Waals surface area contributed by atoms with Gasteiger partial charge in [-0.2, -0.15) is 0 Å². The second kappa shape index (κ2) is 4.78. The molecule has 1 amide bonds. The summed E-state index contributed by atoms with van der Waals surface area (Å²) in [7, 11) is 0. The van der Waals surface area contributed by atoms with Crippen molar-refractivity contribution in [3.63, 3.8) is 0 Å². The number of hydrogen-bond acceptors (Lipinski definition) is 2. The normalized spacial score (nSPS) is 24.1. The fraction of sp³-hybridized carbons (Fsp3) is 0.462. The predicted octanol–water partition coefficient (Wildman–Crippen LogP) is 2.18. The van der Waals surface area contributed by atoms with E-state index < -0.39 is 5.60 Å². The van der Waals surface area contributed by atoms with Crippen LogP contribution in [-0.4, -0.2) is 34.6 Å². The molecule has 0 bridgehead atoms. The second-order valence-corrected chi connectivity index (χ2v) is 5.36. The number of carbonyl (C=O) groups excluding carboxylic acids is 1. The Morgan fingerprint density at radius 2 is 2.12 bits per heavy atom. The average Bonchev–Trinajstić information content (AvgIpc) is 2.69. The first-order chi connectivity index (χ1) is 8.02. The Morgan fingerprint density at radius 3 is 2.59 bits per heavy atom. The number of alkyl halides is 1. The predicted molar refractivity (Wildman–Crippen MR) is 70.2 cm³/mol. The maximum Gasteiger partial charge on any atom is 0.253 e. The highest BCUT2D eigenvalue weighted by Crippen LogP contribution is 2.22. The van der Waals surface area contributed by atoms with Crippen molar-refractivity contribution >= 4 is 21.8 Å². The Kier molecular flexibility index (Phi) is 3.54. The van der Waals surface area contributed by atoms with Crippen molar-refractivity contribution < 1.29 is 9.90 Å². The highest BCUT2D eigenvalue weighted by atomic mass is 79.9. The molecule has 1 aliphatic heterocycles. The first-order valence-corrected chi connectivity index (χ1v) is 6.80. The molecule has 17 heavy (non-hydrogen) atoms. The van der Waals surface area contributed by atoms with E-state index in [1.165, 1.54) is 0 Å². The van der Waals surface area contributed by atoms with E-state index in [2.05, 4.69) is 15.9 Å². The summed E-state index contributed by atoms with van der Waals surface area (Å²) < 4.78 is 0. The van der Waals surface area contributed by atoms with E-state index >= 15 is 0 Å². The lowest BCUT2D eigenvalue weighted by Gasteiger charge is -2.19. The molecule has 0 saturated carbocycles. The third-order valence-corrected chi connectivity index (χ3v) is 3.74. The molecule has 1 aromatic carbocycles. The second-order valence-electron chi connectivity index (χ2n) is 4.80. The Balaban J connectivity index is 2.09. The summed E-state index contributed by atoms with van der Waals surface area (Å²) in [5.41, 5.74) is 1.10. The van der Waals surface area contributed by atoms with Gasteiger partial charge in [-0.1, -0.05) is 28.1 Å². The lowest BCUT2D eigenvalue weighted by atomic mass is 10.1. The molecule has 1 aromatic rings. The Bertz CT molecular complexity index is 414. The third-order valence-electron chi connectivity index (χ3n) is 3.09. The van der Waals surface area contributed by atoms with Crippen LogP contribution in [0.5, 0.6) is 0 Å². The van der Waals surface area contributed by atoms with Crippen LogP contribution in [0.2, 0.25) is 0 Å². The third kappa shape index (κ3) is 2.87. The highest BCUT2D eigenvalue weighted by Gasteiger charge is 2.34. The topological polar surface area (TPSA) is 40.5 Å². The highest BCUT2D eigenvalue weighted by molar-refractivity contribution is 9.08. The van der Waals surface area contributed by atoms with E-state index in [1.54, 1.807) is 11.8 Å². The quantitative estimate of drug-likeness (QED) is 0.850. The summed E-state index contributed by atoms with van der Waals surface area (Å²) in [5.74, 6) is 0.00361. The number of carbonyl (C=O) groups is 1. The van der Waals surface area contributed by atoms with Gasteiger partial charge in [0, 0.05) is 24.0 Å². The van der Waals surface area contributed by atoms with Crippen molar-refractivity contribution in [1.82, 2.24) is 4.90 Å². The van der Waals surface area contributed by atoms with Crippen molar-refractivity contribution in [3.8, 4) is 0 Å². The molecule has 1 aliphatic rings. The first-order valence-electron chi connectivity index (χ1n) is 5.68. The van der Waals surface area contributed by atoms with Crippen LogP contribution in [0.1, 0.15) is 29.3 Å². The summed E-state index contributed by atoms with van der Waals surface area (Å²) in [6, 6.07) is 7.56. The van der Waals surface area contributed by atoms with Crippen LogP contribution in [0, 0.1) is 0 Å². The van der Waals surface area contributed by atoms with Crippen molar-refractivity contribution in [2.75, 3.05) is 13.1 Å². The van der Waals surface area contributed by atoms with Gasteiger partial charge in [0.05, 0.1) is 5.60 Å². The molecule has 92 valence electrons. The van der Waals surface area contributed by atoms with E-state index in [1.807, 2.05) is 24.3 Å². The van der Waals surface area contributed by atoms with Gasteiger partial charge < -0.3 is 10.0 Å². The summed E-state index contributed by atoms with van der Waals surface area (Å²) in [5, 5.41) is 10.6. The minimum absolute atomic E-state index is 0.00361. The monoisotopic (exact) mass is 297 g/mol. The molecule has 4 heteroatoms. The molecule has 1 fully saturated rings. The summed E-state index contributed by atoms with van der Waals surface area (Å²) in [6.07, 6.45) is 0.651. The summed E-state index contributed by atoms with van der Waals surface area (Å²) in [4.78, 5) is 13.8. The van der Waals surface area contributed by atoms with Gasteiger partial charge in [-0.3, -0.25) is 4.79 Å². The molecule has 3 nitrogen and oxygen atoms in total. The Morgan fingerprint density at radius 1 is 1.47 bits per heavy atom. The number of likely N-dealkylation sites (tertiary alicyclic amines) is 1. The van der Waals surface area contributed by atoms with Crippen LogP contribution < -0.4 is 0 Å². The SMILES string of the molecule is CC1(O)CCN(C(=O)c2ccc(CBr)cc2)C1. The fourth-order valence-electron chi connectivity index (χ4n) is 2.04. The lowest BCUT2D eigenvalue weighted by Crippen LogP contribution is -2.33. The van der Waals surface area contributed by atoms with Crippen LogP contribution >= 0.6 is 15.9 Å². The number of rotatable bonds is 2. The number of hydrogen-bond donors (Lipinski definition) is 1. The minimum atomic E-state index is -0.731. The van der Waals surface area contributed by atoms with E-state index in [0.29, 0.717) is 25.1 Å². The fourth-order valence-corrected chi connectivity index (χ4v) is 2.41. The van der Waals surface area contributed by atoms with Crippen LogP contribution in [-0.2, 0) is 5.33 Å².